The number of aromatic nitrogens is 1. The normalized spacial score (nSPS) is 11.6. The number of halogens is 3. The summed E-state index contributed by atoms with van der Waals surface area (Å²) in [4.78, 5) is 4.13. The van der Waals surface area contributed by atoms with E-state index in [0.29, 0.717) is 11.3 Å². The Morgan fingerprint density at radius 3 is 2.33 bits per heavy atom. The van der Waals surface area contributed by atoms with Gasteiger partial charge < -0.3 is 0 Å². The fourth-order valence-corrected chi connectivity index (χ4v) is 1.76. The highest BCUT2D eigenvalue weighted by Gasteiger charge is 2.30. The molecule has 94 valence electrons. The summed E-state index contributed by atoms with van der Waals surface area (Å²) < 4.78 is 38.0. The predicted molar refractivity (Wildman–Crippen MR) is 64.1 cm³/mol. The van der Waals surface area contributed by atoms with Crippen LogP contribution in [0.5, 0.6) is 0 Å². The Balaban J connectivity index is 2.57. The van der Waals surface area contributed by atoms with Crippen molar-refractivity contribution in [2.45, 2.75) is 20.0 Å². The van der Waals surface area contributed by atoms with Crippen LogP contribution in [0.25, 0.3) is 11.3 Å². The smallest absolute Gasteiger partial charge is 0.256 e. The summed E-state index contributed by atoms with van der Waals surface area (Å²) in [5.74, 6) is 0. The largest absolute Gasteiger partial charge is 0.416 e. The number of hydrogen-bond donors (Lipinski definition) is 0. The average Bonchev–Trinajstić information content (AvgIpc) is 2.28. The van der Waals surface area contributed by atoms with Crippen molar-refractivity contribution in [2.75, 3.05) is 0 Å². The molecule has 0 aliphatic heterocycles. The van der Waals surface area contributed by atoms with Gasteiger partial charge in [0.15, 0.2) is 0 Å². The Kier molecular flexibility index (Phi) is 3.11. The summed E-state index contributed by atoms with van der Waals surface area (Å²) >= 11 is 0. The first-order chi connectivity index (χ1) is 8.38. The van der Waals surface area contributed by atoms with Gasteiger partial charge in [0.25, 0.3) is 0 Å². The molecule has 0 aliphatic rings. The van der Waals surface area contributed by atoms with Crippen LogP contribution in [-0.4, -0.2) is 4.98 Å². The number of benzene rings is 1. The van der Waals surface area contributed by atoms with Crippen LogP contribution in [0.15, 0.2) is 36.5 Å². The van der Waals surface area contributed by atoms with Crippen LogP contribution in [0, 0.1) is 13.8 Å². The third kappa shape index (κ3) is 2.53. The predicted octanol–water partition coefficient (Wildman–Crippen LogP) is 4.38. The van der Waals surface area contributed by atoms with Gasteiger partial charge in [-0.3, -0.25) is 4.98 Å². The van der Waals surface area contributed by atoms with Gasteiger partial charge in [-0.05, 0) is 49.2 Å². The number of aryl methyl sites for hydroxylation is 2. The zero-order chi connectivity index (χ0) is 13.3. The van der Waals surface area contributed by atoms with Crippen molar-refractivity contribution in [3.05, 3.63) is 53.2 Å². The fourth-order valence-electron chi connectivity index (χ4n) is 1.76. The highest BCUT2D eigenvalue weighted by Crippen LogP contribution is 2.33. The number of pyridine rings is 1. The van der Waals surface area contributed by atoms with E-state index >= 15 is 0 Å². The molecule has 0 saturated heterocycles. The number of rotatable bonds is 1. The fraction of sp³-hybridized carbons (Fsp3) is 0.214. The molecule has 0 spiro atoms. The number of nitrogens with zero attached hydrogens (tertiary/aromatic N) is 1. The first-order valence-electron chi connectivity index (χ1n) is 5.49. The Morgan fingerprint density at radius 2 is 1.72 bits per heavy atom. The third-order valence-corrected chi connectivity index (χ3v) is 2.76. The lowest BCUT2D eigenvalue weighted by Gasteiger charge is -2.11. The molecular weight excluding hydrogens is 239 g/mol. The maximum atomic E-state index is 12.7. The minimum absolute atomic E-state index is 0.522. The molecule has 1 heterocycles. The Labute approximate surface area is 103 Å². The Morgan fingerprint density at radius 1 is 1.00 bits per heavy atom. The van der Waals surface area contributed by atoms with E-state index in [1.165, 1.54) is 6.07 Å². The molecule has 0 bridgehead atoms. The van der Waals surface area contributed by atoms with Crippen LogP contribution >= 0.6 is 0 Å². The van der Waals surface area contributed by atoms with Crippen molar-refractivity contribution >= 4 is 0 Å². The highest BCUT2D eigenvalue weighted by molar-refractivity contribution is 5.65. The van der Waals surface area contributed by atoms with Crippen LogP contribution in [-0.2, 0) is 6.18 Å². The second kappa shape index (κ2) is 4.44. The van der Waals surface area contributed by atoms with Crippen molar-refractivity contribution < 1.29 is 13.2 Å². The Hall–Kier alpha value is -1.84. The lowest BCUT2D eigenvalue weighted by atomic mass is 10.0. The molecule has 0 saturated carbocycles. The summed E-state index contributed by atoms with van der Waals surface area (Å²) in [5.41, 5.74) is 2.19. The van der Waals surface area contributed by atoms with Gasteiger partial charge in [0.1, 0.15) is 0 Å². The lowest BCUT2D eigenvalue weighted by Crippen LogP contribution is -2.05. The van der Waals surface area contributed by atoms with E-state index in [0.717, 1.165) is 23.3 Å². The number of hydrogen-bond acceptors (Lipinski definition) is 1. The van der Waals surface area contributed by atoms with E-state index < -0.39 is 11.7 Å². The topological polar surface area (TPSA) is 12.9 Å². The summed E-state index contributed by atoms with van der Waals surface area (Å²) in [5, 5.41) is 0. The second-order valence-corrected chi connectivity index (χ2v) is 4.25. The van der Waals surface area contributed by atoms with Crippen LogP contribution in [0.4, 0.5) is 13.2 Å². The molecule has 18 heavy (non-hydrogen) atoms. The van der Waals surface area contributed by atoms with Gasteiger partial charge in [-0.15, -0.1) is 0 Å². The molecule has 2 rings (SSSR count). The number of alkyl halides is 3. The lowest BCUT2D eigenvalue weighted by molar-refractivity contribution is -0.137. The molecule has 0 radical (unpaired) electrons. The molecule has 1 nitrogen and oxygen atoms in total. The standard InChI is InChI=1S/C14H12F3N/c1-9-5-6-18-13(7-9)12-8-11(14(15,16)17)4-3-10(12)2/h3-8H,1-2H3. The summed E-state index contributed by atoms with van der Waals surface area (Å²) in [6.07, 6.45) is -2.73. The SMILES string of the molecule is Cc1ccnc(-c2cc(C(F)(F)F)ccc2C)c1. The van der Waals surface area contributed by atoms with Gasteiger partial charge in [0.05, 0.1) is 11.3 Å². The van der Waals surface area contributed by atoms with E-state index in [-0.39, 0.29) is 0 Å². The molecule has 0 N–H and O–H groups in total. The molecule has 0 unspecified atom stereocenters. The highest BCUT2D eigenvalue weighted by atomic mass is 19.4. The molecule has 2 aromatic rings. The Bertz CT molecular complexity index is 573. The maximum Gasteiger partial charge on any atom is 0.416 e. The minimum atomic E-state index is -4.33. The van der Waals surface area contributed by atoms with Crippen LogP contribution < -0.4 is 0 Å². The summed E-state index contributed by atoms with van der Waals surface area (Å²) in [6.45, 7) is 3.66. The van der Waals surface area contributed by atoms with E-state index in [1.807, 2.05) is 13.0 Å². The van der Waals surface area contributed by atoms with E-state index in [2.05, 4.69) is 4.98 Å². The zero-order valence-electron chi connectivity index (χ0n) is 10.0. The molecule has 0 aliphatic carbocycles. The minimum Gasteiger partial charge on any atom is -0.256 e. The van der Waals surface area contributed by atoms with E-state index in [9.17, 15) is 13.2 Å². The average molecular weight is 251 g/mol. The molecule has 4 heteroatoms. The van der Waals surface area contributed by atoms with E-state index in [4.69, 9.17) is 0 Å². The van der Waals surface area contributed by atoms with Crippen LogP contribution in [0.3, 0.4) is 0 Å². The van der Waals surface area contributed by atoms with Crippen molar-refractivity contribution in [2.24, 2.45) is 0 Å². The molecule has 1 aromatic heterocycles. The molecule has 1 aromatic carbocycles. The van der Waals surface area contributed by atoms with Gasteiger partial charge in [-0.25, -0.2) is 0 Å². The third-order valence-electron chi connectivity index (χ3n) is 2.76. The van der Waals surface area contributed by atoms with Crippen LogP contribution in [0.1, 0.15) is 16.7 Å². The molecule has 0 amide bonds. The van der Waals surface area contributed by atoms with E-state index in [1.54, 1.807) is 19.2 Å². The van der Waals surface area contributed by atoms with Crippen molar-refractivity contribution in [1.82, 2.24) is 4.98 Å². The zero-order valence-corrected chi connectivity index (χ0v) is 10.0. The van der Waals surface area contributed by atoms with Gasteiger partial charge >= 0.3 is 6.18 Å². The summed E-state index contributed by atoms with van der Waals surface area (Å²) in [6, 6.07) is 7.31. The maximum absolute atomic E-state index is 12.7. The van der Waals surface area contributed by atoms with Gasteiger partial charge in [-0.2, -0.15) is 13.2 Å². The quantitative estimate of drug-likeness (QED) is 0.732. The monoisotopic (exact) mass is 251 g/mol. The first kappa shape index (κ1) is 12.6. The first-order valence-corrected chi connectivity index (χ1v) is 5.49. The van der Waals surface area contributed by atoms with Crippen LogP contribution in [0.2, 0.25) is 0 Å². The second-order valence-electron chi connectivity index (χ2n) is 4.25. The van der Waals surface area contributed by atoms with Gasteiger partial charge in [-0.1, -0.05) is 6.07 Å². The van der Waals surface area contributed by atoms with Crippen molar-refractivity contribution in [1.29, 1.82) is 0 Å². The molecule has 0 fully saturated rings. The summed E-state index contributed by atoms with van der Waals surface area (Å²) in [7, 11) is 0. The van der Waals surface area contributed by atoms with Gasteiger partial charge in [0.2, 0.25) is 0 Å². The van der Waals surface area contributed by atoms with Crippen molar-refractivity contribution in [3.8, 4) is 11.3 Å². The molecule has 0 atom stereocenters. The van der Waals surface area contributed by atoms with Crippen molar-refractivity contribution in [3.63, 3.8) is 0 Å². The van der Waals surface area contributed by atoms with Gasteiger partial charge in [0, 0.05) is 11.8 Å². The molecular formula is C14H12F3N.